The minimum atomic E-state index is -4.38. The Morgan fingerprint density at radius 2 is 1.91 bits per heavy atom. The molecule has 0 spiro atoms. The molecule has 0 unspecified atom stereocenters. The highest BCUT2D eigenvalue weighted by Crippen LogP contribution is 2.33. The van der Waals surface area contributed by atoms with E-state index >= 15 is 0 Å². The van der Waals surface area contributed by atoms with Crippen LogP contribution in [0.2, 0.25) is 5.02 Å². The number of nitrogens with one attached hydrogen (secondary N) is 1. The third kappa shape index (κ3) is 4.61. The number of alkyl halides is 3. The molecule has 1 amide bonds. The second-order valence-corrected chi connectivity index (χ2v) is 6.97. The first kappa shape index (κ1) is 18.1. The molecule has 0 saturated carbocycles. The zero-order valence-electron chi connectivity index (χ0n) is 13.1. The van der Waals surface area contributed by atoms with Crippen LogP contribution in [0, 0.1) is 5.41 Å². The van der Waals surface area contributed by atoms with Crippen molar-refractivity contribution in [2.45, 2.75) is 45.3 Å². The first-order valence-corrected chi connectivity index (χ1v) is 7.86. The monoisotopic (exact) mass is 348 g/mol. The Labute approximate surface area is 138 Å². The molecule has 23 heavy (non-hydrogen) atoms. The zero-order chi connectivity index (χ0) is 17.3. The van der Waals surface area contributed by atoms with Crippen LogP contribution in [0.15, 0.2) is 24.3 Å². The van der Waals surface area contributed by atoms with Crippen molar-refractivity contribution in [2.75, 3.05) is 6.54 Å². The molecule has 1 atom stereocenters. The third-order valence-corrected chi connectivity index (χ3v) is 4.29. The van der Waals surface area contributed by atoms with Gasteiger partial charge in [0.25, 0.3) is 0 Å². The van der Waals surface area contributed by atoms with Crippen molar-refractivity contribution < 1.29 is 18.0 Å². The summed E-state index contributed by atoms with van der Waals surface area (Å²) in [5.74, 6) is -0.371. The molecule has 2 rings (SSSR count). The number of hydrogen-bond acceptors (Lipinski definition) is 2. The fourth-order valence-corrected chi connectivity index (χ4v) is 2.78. The Bertz CT molecular complexity index is 557. The molecule has 1 fully saturated rings. The smallest absolute Gasteiger partial charge is 0.288 e. The summed E-state index contributed by atoms with van der Waals surface area (Å²) in [5, 5.41) is 1.63. The van der Waals surface area contributed by atoms with Crippen molar-refractivity contribution >= 4 is 17.5 Å². The van der Waals surface area contributed by atoms with E-state index in [0.29, 0.717) is 17.9 Å². The molecule has 1 N–H and O–H groups in total. The van der Waals surface area contributed by atoms with Gasteiger partial charge in [0.15, 0.2) is 0 Å². The SMILES string of the molecule is CC1(C)CN([C@@H](CCCc2ccc(Cl)cc2)C(F)(F)F)NC1=O. The lowest BCUT2D eigenvalue weighted by Crippen LogP contribution is -2.50. The third-order valence-electron chi connectivity index (χ3n) is 4.04. The molecule has 0 aliphatic carbocycles. The van der Waals surface area contributed by atoms with Gasteiger partial charge in [0.2, 0.25) is 5.91 Å². The predicted octanol–water partition coefficient (Wildman–Crippen LogP) is 3.97. The van der Waals surface area contributed by atoms with Gasteiger partial charge in [-0.3, -0.25) is 10.2 Å². The number of benzene rings is 1. The molecule has 7 heteroatoms. The minimum Gasteiger partial charge on any atom is -0.288 e. The average molecular weight is 349 g/mol. The maximum absolute atomic E-state index is 13.3. The molecule has 1 aliphatic rings. The van der Waals surface area contributed by atoms with E-state index in [1.165, 1.54) is 0 Å². The van der Waals surface area contributed by atoms with Gasteiger partial charge < -0.3 is 0 Å². The molecule has 1 heterocycles. The van der Waals surface area contributed by atoms with E-state index in [1.54, 1.807) is 26.0 Å². The number of amides is 1. The number of halogens is 4. The summed E-state index contributed by atoms with van der Waals surface area (Å²) in [6.07, 6.45) is -3.54. The highest BCUT2D eigenvalue weighted by atomic mass is 35.5. The normalized spacial score (nSPS) is 19.7. The minimum absolute atomic E-state index is 0.0525. The summed E-state index contributed by atoms with van der Waals surface area (Å²) < 4.78 is 40.0. The molecular weight excluding hydrogens is 329 g/mol. The van der Waals surface area contributed by atoms with Crippen molar-refractivity contribution in [1.82, 2.24) is 10.4 Å². The van der Waals surface area contributed by atoms with Gasteiger partial charge in [-0.15, -0.1) is 0 Å². The lowest BCUT2D eigenvalue weighted by Gasteiger charge is -2.29. The van der Waals surface area contributed by atoms with Gasteiger partial charge in [0.1, 0.15) is 6.04 Å². The van der Waals surface area contributed by atoms with Crippen LogP contribution in [0.3, 0.4) is 0 Å². The van der Waals surface area contributed by atoms with Crippen molar-refractivity contribution in [3.63, 3.8) is 0 Å². The van der Waals surface area contributed by atoms with E-state index in [-0.39, 0.29) is 18.9 Å². The molecule has 1 aromatic carbocycles. The van der Waals surface area contributed by atoms with E-state index in [4.69, 9.17) is 11.6 Å². The molecule has 1 aliphatic heterocycles. The van der Waals surface area contributed by atoms with Crippen LogP contribution in [-0.4, -0.2) is 29.7 Å². The van der Waals surface area contributed by atoms with Gasteiger partial charge in [-0.2, -0.15) is 13.2 Å². The Morgan fingerprint density at radius 1 is 1.30 bits per heavy atom. The Kier molecular flexibility index (Phi) is 5.26. The lowest BCUT2D eigenvalue weighted by atomic mass is 9.94. The van der Waals surface area contributed by atoms with Crippen molar-refractivity contribution in [3.05, 3.63) is 34.9 Å². The number of rotatable bonds is 5. The first-order chi connectivity index (χ1) is 10.6. The van der Waals surface area contributed by atoms with Crippen LogP contribution in [0.5, 0.6) is 0 Å². The summed E-state index contributed by atoms with van der Waals surface area (Å²) in [6.45, 7) is 3.34. The van der Waals surface area contributed by atoms with Crippen molar-refractivity contribution in [2.24, 2.45) is 5.41 Å². The number of nitrogens with zero attached hydrogens (tertiary/aromatic N) is 1. The van der Waals surface area contributed by atoms with Gasteiger partial charge in [0.05, 0.1) is 5.41 Å². The van der Waals surface area contributed by atoms with E-state index in [0.717, 1.165) is 10.6 Å². The highest BCUT2D eigenvalue weighted by molar-refractivity contribution is 6.30. The number of carbonyl (C=O) groups is 1. The Balaban J connectivity index is 1.97. The highest BCUT2D eigenvalue weighted by Gasteiger charge is 2.49. The molecule has 1 aromatic rings. The van der Waals surface area contributed by atoms with Crippen molar-refractivity contribution in [3.8, 4) is 0 Å². The average Bonchev–Trinajstić information content (AvgIpc) is 2.69. The van der Waals surface area contributed by atoms with E-state index in [1.807, 2.05) is 12.1 Å². The van der Waals surface area contributed by atoms with E-state index in [2.05, 4.69) is 5.43 Å². The van der Waals surface area contributed by atoms with Crippen LogP contribution < -0.4 is 5.43 Å². The van der Waals surface area contributed by atoms with Crippen LogP contribution in [0.25, 0.3) is 0 Å². The molecule has 3 nitrogen and oxygen atoms in total. The molecule has 0 aromatic heterocycles. The van der Waals surface area contributed by atoms with Crippen LogP contribution >= 0.6 is 11.6 Å². The quantitative estimate of drug-likeness (QED) is 0.873. The maximum Gasteiger partial charge on any atom is 0.405 e. The Hall–Kier alpha value is -1.27. The van der Waals surface area contributed by atoms with Gasteiger partial charge in [-0.25, -0.2) is 5.01 Å². The van der Waals surface area contributed by atoms with Crippen molar-refractivity contribution in [1.29, 1.82) is 0 Å². The molecular formula is C16H20ClF3N2O. The number of hydrazine groups is 1. The number of carbonyl (C=O) groups excluding carboxylic acids is 1. The van der Waals surface area contributed by atoms with Gasteiger partial charge in [0, 0.05) is 11.6 Å². The Morgan fingerprint density at radius 3 is 2.39 bits per heavy atom. The fraction of sp³-hybridized carbons (Fsp3) is 0.562. The number of hydrogen-bond donors (Lipinski definition) is 1. The molecule has 0 bridgehead atoms. The van der Waals surface area contributed by atoms with Gasteiger partial charge >= 0.3 is 6.18 Å². The van der Waals surface area contributed by atoms with E-state index < -0.39 is 17.6 Å². The second kappa shape index (κ2) is 6.69. The van der Waals surface area contributed by atoms with Crippen LogP contribution in [0.4, 0.5) is 13.2 Å². The topological polar surface area (TPSA) is 32.3 Å². The van der Waals surface area contributed by atoms with E-state index in [9.17, 15) is 18.0 Å². The molecule has 0 radical (unpaired) electrons. The van der Waals surface area contributed by atoms with Crippen LogP contribution in [-0.2, 0) is 11.2 Å². The summed E-state index contributed by atoms with van der Waals surface area (Å²) >= 11 is 5.79. The standard InChI is InChI=1S/C16H20ClF3N2O/c1-15(2)10-22(21-14(15)23)13(16(18,19)20)5-3-4-11-6-8-12(17)9-7-11/h6-9,13H,3-5,10H2,1-2H3,(H,21,23)/t13-/m0/s1. The lowest BCUT2D eigenvalue weighted by molar-refractivity contribution is -0.190. The summed E-state index contributed by atoms with van der Waals surface area (Å²) in [4.78, 5) is 11.7. The van der Waals surface area contributed by atoms with Gasteiger partial charge in [-0.1, -0.05) is 23.7 Å². The van der Waals surface area contributed by atoms with Crippen LogP contribution in [0.1, 0.15) is 32.3 Å². The summed E-state index contributed by atoms with van der Waals surface area (Å²) in [7, 11) is 0. The van der Waals surface area contributed by atoms with Gasteiger partial charge in [-0.05, 0) is 50.8 Å². The molecule has 128 valence electrons. The largest absolute Gasteiger partial charge is 0.405 e. The molecule has 1 saturated heterocycles. The predicted molar refractivity (Wildman–Crippen MR) is 82.9 cm³/mol. The zero-order valence-corrected chi connectivity index (χ0v) is 13.8. The maximum atomic E-state index is 13.3. The fourth-order valence-electron chi connectivity index (χ4n) is 2.65. The number of aryl methyl sites for hydroxylation is 1. The summed E-state index contributed by atoms with van der Waals surface area (Å²) in [5.41, 5.74) is 2.50. The summed E-state index contributed by atoms with van der Waals surface area (Å²) in [6, 6.07) is 5.40. The second-order valence-electron chi connectivity index (χ2n) is 6.53. The first-order valence-electron chi connectivity index (χ1n) is 7.48.